The molecule has 0 aliphatic carbocycles. The SMILES string of the molecule is CC(Oc1ccc([N+](=O)[O-])c2ccccc12)C(N)=NO. The molecule has 0 heterocycles. The first kappa shape index (κ1) is 13.6. The largest absolute Gasteiger partial charge is 0.482 e. The Kier molecular flexibility index (Phi) is 3.69. The quantitative estimate of drug-likeness (QED) is 0.292. The molecule has 20 heavy (non-hydrogen) atoms. The summed E-state index contributed by atoms with van der Waals surface area (Å²) >= 11 is 0. The molecule has 0 fully saturated rings. The standard InChI is InChI=1S/C13H13N3O4/c1-8(13(14)15-17)20-12-7-6-11(16(18)19)9-4-2-3-5-10(9)12/h2-8,17H,1H3,(H2,14,15). The number of fused-ring (bicyclic) bond motifs is 1. The lowest BCUT2D eigenvalue weighted by Gasteiger charge is -2.15. The van der Waals surface area contributed by atoms with Crippen LogP contribution in [0.25, 0.3) is 10.8 Å². The molecular formula is C13H13N3O4. The van der Waals surface area contributed by atoms with Crippen molar-refractivity contribution in [2.45, 2.75) is 13.0 Å². The summed E-state index contributed by atoms with van der Waals surface area (Å²) in [6.07, 6.45) is -0.648. The van der Waals surface area contributed by atoms with E-state index in [0.29, 0.717) is 16.5 Å². The van der Waals surface area contributed by atoms with Gasteiger partial charge in [0.2, 0.25) is 0 Å². The van der Waals surface area contributed by atoms with Crippen LogP contribution in [0.1, 0.15) is 6.92 Å². The molecule has 1 unspecified atom stereocenters. The van der Waals surface area contributed by atoms with Crippen molar-refractivity contribution in [1.29, 1.82) is 0 Å². The smallest absolute Gasteiger partial charge is 0.277 e. The van der Waals surface area contributed by atoms with E-state index < -0.39 is 11.0 Å². The number of oxime groups is 1. The minimum Gasteiger partial charge on any atom is -0.482 e. The van der Waals surface area contributed by atoms with Crippen LogP contribution in [0.15, 0.2) is 41.6 Å². The number of amidine groups is 1. The zero-order chi connectivity index (χ0) is 14.7. The minimum atomic E-state index is -0.648. The molecule has 2 aromatic carbocycles. The Morgan fingerprint density at radius 1 is 1.35 bits per heavy atom. The highest BCUT2D eigenvalue weighted by atomic mass is 16.6. The highest BCUT2D eigenvalue weighted by Gasteiger charge is 2.17. The molecule has 0 radical (unpaired) electrons. The Bertz CT molecular complexity index is 684. The van der Waals surface area contributed by atoms with Gasteiger partial charge in [0.1, 0.15) is 5.75 Å². The van der Waals surface area contributed by atoms with Gasteiger partial charge in [0, 0.05) is 11.5 Å². The molecule has 0 aromatic heterocycles. The van der Waals surface area contributed by atoms with Gasteiger partial charge < -0.3 is 15.7 Å². The number of nitro groups is 1. The highest BCUT2D eigenvalue weighted by molar-refractivity contribution is 5.95. The van der Waals surface area contributed by atoms with Gasteiger partial charge in [0.15, 0.2) is 11.9 Å². The van der Waals surface area contributed by atoms with Gasteiger partial charge >= 0.3 is 0 Å². The fourth-order valence-electron chi connectivity index (χ4n) is 1.85. The van der Waals surface area contributed by atoms with Crippen LogP contribution in [-0.2, 0) is 0 Å². The van der Waals surface area contributed by atoms with Crippen LogP contribution in [0.4, 0.5) is 5.69 Å². The first-order valence-corrected chi connectivity index (χ1v) is 5.84. The topological polar surface area (TPSA) is 111 Å². The van der Waals surface area contributed by atoms with Gasteiger partial charge in [-0.3, -0.25) is 10.1 Å². The summed E-state index contributed by atoms with van der Waals surface area (Å²) in [7, 11) is 0. The number of benzene rings is 2. The molecule has 1 atom stereocenters. The summed E-state index contributed by atoms with van der Waals surface area (Å²) < 4.78 is 5.58. The Morgan fingerprint density at radius 3 is 2.60 bits per heavy atom. The molecule has 3 N–H and O–H groups in total. The van der Waals surface area contributed by atoms with Crippen LogP contribution in [-0.4, -0.2) is 22.1 Å². The van der Waals surface area contributed by atoms with Crippen molar-refractivity contribution in [3.05, 3.63) is 46.5 Å². The number of nitro benzene ring substituents is 1. The second kappa shape index (κ2) is 5.43. The number of nitrogens with two attached hydrogens (primary N) is 1. The number of hydrogen-bond acceptors (Lipinski definition) is 5. The minimum absolute atomic E-state index is 0.00407. The van der Waals surface area contributed by atoms with E-state index >= 15 is 0 Å². The van der Waals surface area contributed by atoms with Crippen molar-refractivity contribution >= 4 is 22.3 Å². The maximum atomic E-state index is 11.0. The molecule has 0 bridgehead atoms. The predicted molar refractivity (Wildman–Crippen MR) is 74.1 cm³/mol. The Hall–Kier alpha value is -2.83. The second-order valence-electron chi connectivity index (χ2n) is 4.17. The molecule has 7 nitrogen and oxygen atoms in total. The molecule has 2 rings (SSSR count). The normalized spacial score (nSPS) is 13.2. The fraction of sp³-hybridized carbons (Fsp3) is 0.154. The number of ether oxygens (including phenoxy) is 1. The summed E-state index contributed by atoms with van der Waals surface area (Å²) in [5.41, 5.74) is 5.46. The second-order valence-corrected chi connectivity index (χ2v) is 4.17. The van der Waals surface area contributed by atoms with Crippen LogP contribution in [0.3, 0.4) is 0 Å². The van der Waals surface area contributed by atoms with E-state index in [1.165, 1.54) is 12.1 Å². The van der Waals surface area contributed by atoms with Crippen LogP contribution < -0.4 is 10.5 Å². The van der Waals surface area contributed by atoms with Gasteiger partial charge in [0.25, 0.3) is 5.69 Å². The average Bonchev–Trinajstić information content (AvgIpc) is 2.46. The Morgan fingerprint density at radius 2 is 2.00 bits per heavy atom. The van der Waals surface area contributed by atoms with Crippen LogP contribution in [0.5, 0.6) is 5.75 Å². The van der Waals surface area contributed by atoms with Gasteiger partial charge in [-0.05, 0) is 19.1 Å². The molecule has 0 aliphatic rings. The number of rotatable bonds is 4. The lowest BCUT2D eigenvalue weighted by molar-refractivity contribution is -0.383. The third-order valence-electron chi connectivity index (χ3n) is 2.89. The molecule has 0 spiro atoms. The molecule has 0 saturated heterocycles. The summed E-state index contributed by atoms with van der Waals surface area (Å²) in [6.45, 7) is 1.62. The molecule has 0 saturated carbocycles. The van der Waals surface area contributed by atoms with E-state index in [2.05, 4.69) is 5.16 Å². The van der Waals surface area contributed by atoms with Crippen molar-refractivity contribution in [2.24, 2.45) is 10.9 Å². The maximum absolute atomic E-state index is 11.0. The zero-order valence-corrected chi connectivity index (χ0v) is 10.7. The summed E-state index contributed by atoms with van der Waals surface area (Å²) in [6, 6.07) is 9.71. The van der Waals surface area contributed by atoms with Crippen molar-refractivity contribution < 1.29 is 14.9 Å². The summed E-state index contributed by atoms with van der Waals surface area (Å²) in [5.74, 6) is 0.359. The number of hydrogen-bond donors (Lipinski definition) is 2. The average molecular weight is 275 g/mol. The van der Waals surface area contributed by atoms with Crippen molar-refractivity contribution in [3.63, 3.8) is 0 Å². The lowest BCUT2D eigenvalue weighted by atomic mass is 10.1. The van der Waals surface area contributed by atoms with Gasteiger partial charge in [-0.1, -0.05) is 23.4 Å². The third-order valence-corrected chi connectivity index (χ3v) is 2.89. The third kappa shape index (κ3) is 2.46. The van der Waals surface area contributed by atoms with Gasteiger partial charge in [-0.25, -0.2) is 0 Å². The fourth-order valence-corrected chi connectivity index (χ4v) is 1.85. The highest BCUT2D eigenvalue weighted by Crippen LogP contribution is 2.33. The summed E-state index contributed by atoms with van der Waals surface area (Å²) in [5, 5.41) is 23.5. The molecule has 0 amide bonds. The lowest BCUT2D eigenvalue weighted by Crippen LogP contribution is -2.31. The predicted octanol–water partition coefficient (Wildman–Crippen LogP) is 2.26. The summed E-state index contributed by atoms with van der Waals surface area (Å²) in [4.78, 5) is 10.6. The van der Waals surface area contributed by atoms with E-state index in [-0.39, 0.29) is 11.5 Å². The van der Waals surface area contributed by atoms with E-state index in [1.54, 1.807) is 31.2 Å². The van der Waals surface area contributed by atoms with E-state index in [0.717, 1.165) is 0 Å². The van der Waals surface area contributed by atoms with Crippen molar-refractivity contribution in [1.82, 2.24) is 0 Å². The first-order chi connectivity index (χ1) is 9.54. The molecule has 7 heteroatoms. The Balaban J connectivity index is 2.51. The van der Waals surface area contributed by atoms with Crippen LogP contribution in [0, 0.1) is 10.1 Å². The van der Waals surface area contributed by atoms with Gasteiger partial charge in [-0.15, -0.1) is 0 Å². The molecule has 2 aromatic rings. The molecular weight excluding hydrogens is 262 g/mol. The first-order valence-electron chi connectivity index (χ1n) is 5.84. The van der Waals surface area contributed by atoms with Gasteiger partial charge in [0.05, 0.1) is 10.3 Å². The zero-order valence-electron chi connectivity index (χ0n) is 10.7. The number of non-ortho nitro benzene ring substituents is 1. The van der Waals surface area contributed by atoms with E-state index in [9.17, 15) is 10.1 Å². The maximum Gasteiger partial charge on any atom is 0.277 e. The van der Waals surface area contributed by atoms with Crippen LogP contribution >= 0.6 is 0 Å². The monoisotopic (exact) mass is 275 g/mol. The van der Waals surface area contributed by atoms with Crippen LogP contribution in [0.2, 0.25) is 0 Å². The molecule has 104 valence electrons. The Labute approximate surface area is 114 Å². The van der Waals surface area contributed by atoms with Crippen molar-refractivity contribution in [2.75, 3.05) is 0 Å². The molecule has 0 aliphatic heterocycles. The van der Waals surface area contributed by atoms with E-state index in [4.69, 9.17) is 15.7 Å². The van der Waals surface area contributed by atoms with Gasteiger partial charge in [-0.2, -0.15) is 0 Å². The number of nitrogens with zero attached hydrogens (tertiary/aromatic N) is 2. The van der Waals surface area contributed by atoms with E-state index in [1.807, 2.05) is 0 Å². The van der Waals surface area contributed by atoms with Crippen molar-refractivity contribution in [3.8, 4) is 5.75 Å².